The molecule has 0 aromatic heterocycles. The van der Waals surface area contributed by atoms with Crippen molar-refractivity contribution in [3.05, 3.63) is 35.9 Å². The Bertz CT molecular complexity index is 1490. The Hall–Kier alpha value is -4.40. The minimum absolute atomic E-state index is 0.0134. The Morgan fingerprint density at radius 1 is 1.04 bits per heavy atom. The molecule has 12 heteroatoms. The van der Waals surface area contributed by atoms with Gasteiger partial charge in [-0.1, -0.05) is 63.4 Å². The number of carbonyl (C=O) groups is 6. The zero-order valence-corrected chi connectivity index (χ0v) is 31.0. The Balaban J connectivity index is 1.43. The number of hydrogen-bond acceptors (Lipinski definition) is 7. The number of rotatable bonds is 14. The summed E-state index contributed by atoms with van der Waals surface area (Å²) in [6.45, 7) is 10.0. The largest absolute Gasteiger partial charge is 0.444 e. The van der Waals surface area contributed by atoms with Crippen molar-refractivity contribution in [2.45, 2.75) is 116 Å². The van der Waals surface area contributed by atoms with Gasteiger partial charge in [0.15, 0.2) is 0 Å². The van der Waals surface area contributed by atoms with Gasteiger partial charge in [0.1, 0.15) is 17.7 Å². The fourth-order valence-corrected chi connectivity index (χ4v) is 7.69. The fourth-order valence-electron chi connectivity index (χ4n) is 7.69. The molecule has 5 atom stereocenters. The third-order valence-corrected chi connectivity index (χ3v) is 10.6. The molecule has 51 heavy (non-hydrogen) atoms. The van der Waals surface area contributed by atoms with E-state index in [2.05, 4.69) is 35.7 Å². The van der Waals surface area contributed by atoms with Crippen LogP contribution in [0, 0.1) is 35.5 Å². The molecule has 0 bridgehead atoms. The molecule has 5 amide bonds. The van der Waals surface area contributed by atoms with Crippen molar-refractivity contribution in [1.82, 2.24) is 25.8 Å². The van der Waals surface area contributed by atoms with Crippen molar-refractivity contribution in [3.63, 3.8) is 0 Å². The number of likely N-dealkylation sites (tertiary alicyclic amines) is 1. The number of ketones is 1. The van der Waals surface area contributed by atoms with Crippen LogP contribution < -0.4 is 16.0 Å². The number of benzene rings is 1. The van der Waals surface area contributed by atoms with Gasteiger partial charge in [-0.15, -0.1) is 12.3 Å². The second kappa shape index (κ2) is 16.7. The number of terminal acetylenes is 1. The minimum atomic E-state index is -1.23. The number of amides is 5. The average molecular weight is 706 g/mol. The molecule has 1 heterocycles. The topological polar surface area (TPSA) is 154 Å². The molecule has 1 unspecified atom stereocenters. The van der Waals surface area contributed by atoms with E-state index in [9.17, 15) is 28.8 Å². The van der Waals surface area contributed by atoms with E-state index in [-0.39, 0.29) is 60.8 Å². The molecule has 1 aromatic carbocycles. The smallest absolute Gasteiger partial charge is 0.408 e. The number of fused-ring (bicyclic) bond motifs is 1. The summed E-state index contributed by atoms with van der Waals surface area (Å²) in [5.74, 6) is -0.638. The van der Waals surface area contributed by atoms with Crippen LogP contribution in [0.4, 0.5) is 4.79 Å². The standard InChI is InChI=1S/C39H55N5O7/c1-8-9-20-28(33(46)35(48)40-22-21-29(45)43(7)23-25-16-12-10-13-17-25)41-34(47)32-30-27(39(30,5)6)24-44(32)36(49)31(26-18-14-11-15-19-26)42-37(50)51-38(2,3)4/h1,10,12-13,16-17,26-28,30-32H,9,11,14-15,18-24H2,2-7H3,(H,40,48)(H,41,47)(H,42,50)/t27-,28?,30-,31-,32-/m0/s1. The van der Waals surface area contributed by atoms with Crippen molar-refractivity contribution in [2.24, 2.45) is 23.2 Å². The lowest BCUT2D eigenvalue weighted by Gasteiger charge is -2.37. The second-order valence-electron chi connectivity index (χ2n) is 15.8. The van der Waals surface area contributed by atoms with Crippen LogP contribution in [0.1, 0.15) is 91.5 Å². The second-order valence-corrected chi connectivity index (χ2v) is 15.8. The summed E-state index contributed by atoms with van der Waals surface area (Å²) in [7, 11) is 1.67. The first-order chi connectivity index (χ1) is 24.0. The molecule has 3 aliphatic rings. The van der Waals surface area contributed by atoms with E-state index in [1.54, 1.807) is 37.6 Å². The molecule has 278 valence electrons. The maximum atomic E-state index is 14.3. The van der Waals surface area contributed by atoms with Crippen molar-refractivity contribution in [1.29, 1.82) is 0 Å². The predicted octanol–water partition coefficient (Wildman–Crippen LogP) is 3.58. The first kappa shape index (κ1) is 39.4. The van der Waals surface area contributed by atoms with Gasteiger partial charge in [-0.2, -0.15) is 0 Å². The molecule has 2 saturated carbocycles. The van der Waals surface area contributed by atoms with Crippen LogP contribution in [-0.2, 0) is 35.3 Å². The summed E-state index contributed by atoms with van der Waals surface area (Å²) in [5, 5.41) is 8.12. The molecule has 3 N–H and O–H groups in total. The maximum absolute atomic E-state index is 14.3. The highest BCUT2D eigenvalue weighted by Gasteiger charge is 2.69. The number of hydrogen-bond donors (Lipinski definition) is 3. The molecule has 2 aliphatic carbocycles. The van der Waals surface area contributed by atoms with Gasteiger partial charge in [0.05, 0.1) is 6.04 Å². The van der Waals surface area contributed by atoms with E-state index in [0.717, 1.165) is 37.7 Å². The Kier molecular flexibility index (Phi) is 12.9. The van der Waals surface area contributed by atoms with Crippen LogP contribution >= 0.6 is 0 Å². The number of nitrogens with zero attached hydrogens (tertiary/aromatic N) is 2. The molecule has 1 aromatic rings. The van der Waals surface area contributed by atoms with E-state index >= 15 is 0 Å². The van der Waals surface area contributed by atoms with Gasteiger partial charge in [0.25, 0.3) is 5.91 Å². The van der Waals surface area contributed by atoms with Gasteiger partial charge in [-0.25, -0.2) is 4.79 Å². The summed E-state index contributed by atoms with van der Waals surface area (Å²) < 4.78 is 5.51. The Morgan fingerprint density at radius 3 is 2.33 bits per heavy atom. The molecule has 0 spiro atoms. The number of Topliss-reactive ketones (excluding diaryl/α,β-unsaturated/α-hetero) is 1. The third kappa shape index (κ3) is 10.1. The van der Waals surface area contributed by atoms with Gasteiger partial charge in [0, 0.05) is 39.5 Å². The van der Waals surface area contributed by atoms with Gasteiger partial charge in [-0.05, 0) is 68.8 Å². The van der Waals surface area contributed by atoms with E-state index in [1.807, 2.05) is 30.3 Å². The number of piperidine rings is 1. The SMILES string of the molecule is C#CCCC(NC(=O)[C@@H]1[C@@H]2[C@H](CN1C(=O)[C@@H](NC(=O)OC(C)(C)C)C1CCCCC1)C2(C)C)C(=O)C(=O)NCCC(=O)N(C)Cc1ccccc1. The lowest BCUT2D eigenvalue weighted by atomic mass is 9.83. The van der Waals surface area contributed by atoms with Crippen molar-refractivity contribution in [3.8, 4) is 12.3 Å². The first-order valence-corrected chi connectivity index (χ1v) is 18.2. The summed E-state index contributed by atoms with van der Waals surface area (Å²) in [6, 6.07) is 6.51. The van der Waals surface area contributed by atoms with E-state index < -0.39 is 47.4 Å². The highest BCUT2D eigenvalue weighted by molar-refractivity contribution is 6.38. The van der Waals surface area contributed by atoms with Gasteiger partial charge >= 0.3 is 6.09 Å². The van der Waals surface area contributed by atoms with E-state index in [0.29, 0.717) is 13.1 Å². The summed E-state index contributed by atoms with van der Waals surface area (Å²) in [6.07, 6.45) is 9.41. The highest BCUT2D eigenvalue weighted by atomic mass is 16.6. The summed E-state index contributed by atoms with van der Waals surface area (Å²) >= 11 is 0. The Morgan fingerprint density at radius 2 is 1.71 bits per heavy atom. The molecule has 12 nitrogen and oxygen atoms in total. The quantitative estimate of drug-likeness (QED) is 0.198. The van der Waals surface area contributed by atoms with Crippen LogP contribution in [0.3, 0.4) is 0 Å². The molecule has 0 radical (unpaired) electrons. The predicted molar refractivity (Wildman–Crippen MR) is 192 cm³/mol. The lowest BCUT2D eigenvalue weighted by Crippen LogP contribution is -2.60. The normalized spacial score (nSPS) is 22.0. The number of carbonyl (C=O) groups excluding carboxylic acids is 6. The van der Waals surface area contributed by atoms with E-state index in [4.69, 9.17) is 11.2 Å². The van der Waals surface area contributed by atoms with Gasteiger partial charge < -0.3 is 30.5 Å². The van der Waals surface area contributed by atoms with Crippen LogP contribution in [-0.4, -0.2) is 89.2 Å². The maximum Gasteiger partial charge on any atom is 0.408 e. The van der Waals surface area contributed by atoms with Crippen molar-refractivity contribution >= 4 is 35.5 Å². The minimum Gasteiger partial charge on any atom is -0.444 e. The van der Waals surface area contributed by atoms with Crippen LogP contribution in [0.5, 0.6) is 0 Å². The highest BCUT2D eigenvalue weighted by Crippen LogP contribution is 2.65. The van der Waals surface area contributed by atoms with E-state index in [1.165, 1.54) is 0 Å². The molecule has 4 rings (SSSR count). The third-order valence-electron chi connectivity index (χ3n) is 10.6. The monoisotopic (exact) mass is 705 g/mol. The molecule has 1 saturated heterocycles. The first-order valence-electron chi connectivity index (χ1n) is 18.2. The lowest BCUT2D eigenvalue weighted by molar-refractivity contribution is -0.145. The van der Waals surface area contributed by atoms with Gasteiger partial charge in [0.2, 0.25) is 23.5 Å². The van der Waals surface area contributed by atoms with Gasteiger partial charge in [-0.3, -0.25) is 24.0 Å². The van der Waals surface area contributed by atoms with Crippen LogP contribution in [0.15, 0.2) is 30.3 Å². The number of alkyl carbamates (subject to hydrolysis) is 1. The Labute approximate surface area is 302 Å². The molecule has 3 fully saturated rings. The molecular weight excluding hydrogens is 650 g/mol. The zero-order valence-electron chi connectivity index (χ0n) is 31.0. The zero-order chi connectivity index (χ0) is 37.5. The number of ether oxygens (including phenoxy) is 1. The van der Waals surface area contributed by atoms with Crippen LogP contribution in [0.25, 0.3) is 0 Å². The fraction of sp³-hybridized carbons (Fsp3) is 0.641. The summed E-state index contributed by atoms with van der Waals surface area (Å²) in [5.41, 5.74) is -0.00744. The molecular formula is C39H55N5O7. The average Bonchev–Trinajstić information content (AvgIpc) is 3.38. The number of nitrogens with one attached hydrogen (secondary N) is 3. The van der Waals surface area contributed by atoms with Crippen molar-refractivity contribution < 1.29 is 33.5 Å². The summed E-state index contributed by atoms with van der Waals surface area (Å²) in [4.78, 5) is 83.6. The van der Waals surface area contributed by atoms with Crippen molar-refractivity contribution in [2.75, 3.05) is 20.1 Å². The molecule has 1 aliphatic heterocycles. The van der Waals surface area contributed by atoms with Crippen LogP contribution in [0.2, 0.25) is 0 Å².